The zero-order valence-electron chi connectivity index (χ0n) is 13.7. The Hall–Kier alpha value is -2.67. The highest BCUT2D eigenvalue weighted by atomic mass is 32.1. The summed E-state index contributed by atoms with van der Waals surface area (Å²) in [7, 11) is 0. The van der Waals surface area contributed by atoms with E-state index in [1.54, 1.807) is 22.5 Å². The van der Waals surface area contributed by atoms with Crippen molar-refractivity contribution in [2.24, 2.45) is 0 Å². The molecule has 0 saturated carbocycles. The molecular formula is C18H17N3O3S. The van der Waals surface area contributed by atoms with Gasteiger partial charge in [-0.05, 0) is 38.0 Å². The maximum Gasteiger partial charge on any atom is 0.290 e. The van der Waals surface area contributed by atoms with E-state index in [2.05, 4.69) is 10.3 Å². The average molecular weight is 355 g/mol. The molecule has 7 heteroatoms. The summed E-state index contributed by atoms with van der Waals surface area (Å²) in [4.78, 5) is 31.0. The Labute approximate surface area is 148 Å². The van der Waals surface area contributed by atoms with Crippen molar-refractivity contribution in [3.8, 4) is 0 Å². The molecule has 6 nitrogen and oxygen atoms in total. The van der Waals surface area contributed by atoms with E-state index in [4.69, 9.17) is 4.42 Å². The van der Waals surface area contributed by atoms with Crippen LogP contribution >= 0.6 is 11.3 Å². The summed E-state index contributed by atoms with van der Waals surface area (Å²) in [5, 5.41) is 6.01. The number of amides is 2. The minimum Gasteiger partial charge on any atom is -0.451 e. The summed E-state index contributed by atoms with van der Waals surface area (Å²) >= 11 is 1.36. The van der Waals surface area contributed by atoms with Crippen LogP contribution in [0.25, 0.3) is 11.0 Å². The number of aromatic nitrogens is 1. The molecular weight excluding hydrogens is 338 g/mol. The zero-order valence-corrected chi connectivity index (χ0v) is 14.5. The number of hydrogen-bond donors (Lipinski definition) is 1. The molecule has 4 rings (SSSR count). The zero-order chi connectivity index (χ0) is 17.4. The summed E-state index contributed by atoms with van der Waals surface area (Å²) in [6, 6.07) is 7.04. The van der Waals surface area contributed by atoms with E-state index < -0.39 is 6.04 Å². The first-order valence-electron chi connectivity index (χ1n) is 8.13. The van der Waals surface area contributed by atoms with Gasteiger partial charge in [0.2, 0.25) is 5.91 Å². The normalized spacial score (nSPS) is 17.2. The van der Waals surface area contributed by atoms with Crippen molar-refractivity contribution >= 4 is 39.3 Å². The molecule has 0 radical (unpaired) electrons. The molecule has 0 spiro atoms. The molecule has 25 heavy (non-hydrogen) atoms. The van der Waals surface area contributed by atoms with E-state index >= 15 is 0 Å². The van der Waals surface area contributed by atoms with Crippen molar-refractivity contribution in [3.05, 3.63) is 47.2 Å². The van der Waals surface area contributed by atoms with Crippen LogP contribution in [0.2, 0.25) is 0 Å². The SMILES string of the molecule is Cc1ccc2oc(C(=O)N3CCC[C@H]3C(=O)Nc3nccs3)cc2c1. The lowest BCUT2D eigenvalue weighted by Crippen LogP contribution is -2.43. The number of fused-ring (bicyclic) bond motifs is 1. The number of likely N-dealkylation sites (tertiary alicyclic amines) is 1. The van der Waals surface area contributed by atoms with Gasteiger partial charge in [0.25, 0.3) is 5.91 Å². The molecule has 1 aliphatic heterocycles. The Bertz CT molecular complexity index is 932. The van der Waals surface area contributed by atoms with Crippen LogP contribution in [0.4, 0.5) is 5.13 Å². The summed E-state index contributed by atoms with van der Waals surface area (Å²) in [6.45, 7) is 2.54. The van der Waals surface area contributed by atoms with E-state index in [1.165, 1.54) is 11.3 Å². The quantitative estimate of drug-likeness (QED) is 0.781. The van der Waals surface area contributed by atoms with Crippen LogP contribution in [-0.2, 0) is 4.79 Å². The molecule has 1 aliphatic rings. The molecule has 1 atom stereocenters. The van der Waals surface area contributed by atoms with Crippen LogP contribution in [0.15, 0.2) is 40.3 Å². The van der Waals surface area contributed by atoms with Crippen LogP contribution < -0.4 is 5.32 Å². The summed E-state index contributed by atoms with van der Waals surface area (Å²) < 4.78 is 5.70. The molecule has 1 N–H and O–H groups in total. The van der Waals surface area contributed by atoms with Gasteiger partial charge in [0.1, 0.15) is 11.6 Å². The van der Waals surface area contributed by atoms with Gasteiger partial charge < -0.3 is 14.6 Å². The molecule has 2 aromatic heterocycles. The largest absolute Gasteiger partial charge is 0.451 e. The first-order chi connectivity index (χ1) is 12.1. The van der Waals surface area contributed by atoms with Gasteiger partial charge in [0, 0.05) is 23.5 Å². The number of anilines is 1. The molecule has 0 aliphatic carbocycles. The third-order valence-electron chi connectivity index (χ3n) is 4.36. The maximum absolute atomic E-state index is 12.9. The Morgan fingerprint density at radius 2 is 2.24 bits per heavy atom. The average Bonchev–Trinajstić information content (AvgIpc) is 3.33. The highest BCUT2D eigenvalue weighted by Crippen LogP contribution is 2.26. The number of benzene rings is 1. The summed E-state index contributed by atoms with van der Waals surface area (Å²) in [5.74, 6) is -0.173. The number of thiazole rings is 1. The van der Waals surface area contributed by atoms with Crippen molar-refractivity contribution in [1.82, 2.24) is 9.88 Å². The first kappa shape index (κ1) is 15.8. The van der Waals surface area contributed by atoms with Crippen molar-refractivity contribution in [1.29, 1.82) is 0 Å². The van der Waals surface area contributed by atoms with Crippen molar-refractivity contribution in [2.45, 2.75) is 25.8 Å². The Morgan fingerprint density at radius 1 is 1.36 bits per heavy atom. The highest BCUT2D eigenvalue weighted by molar-refractivity contribution is 7.13. The predicted octanol–water partition coefficient (Wildman–Crippen LogP) is 3.44. The Morgan fingerprint density at radius 3 is 3.04 bits per heavy atom. The van der Waals surface area contributed by atoms with Gasteiger partial charge in [0.15, 0.2) is 10.9 Å². The number of aryl methyl sites for hydroxylation is 1. The van der Waals surface area contributed by atoms with Gasteiger partial charge in [-0.1, -0.05) is 11.6 Å². The third kappa shape index (κ3) is 3.02. The van der Waals surface area contributed by atoms with Crippen LogP contribution in [-0.4, -0.2) is 34.3 Å². The Kier molecular flexibility index (Phi) is 4.01. The van der Waals surface area contributed by atoms with Crippen LogP contribution in [0.1, 0.15) is 29.0 Å². The van der Waals surface area contributed by atoms with E-state index in [0.717, 1.165) is 17.4 Å². The Balaban J connectivity index is 1.56. The molecule has 1 fully saturated rings. The molecule has 0 unspecified atom stereocenters. The number of rotatable bonds is 3. The fraction of sp³-hybridized carbons (Fsp3) is 0.278. The van der Waals surface area contributed by atoms with Gasteiger partial charge in [-0.15, -0.1) is 11.3 Å². The number of nitrogens with one attached hydrogen (secondary N) is 1. The topological polar surface area (TPSA) is 75.4 Å². The van der Waals surface area contributed by atoms with Crippen LogP contribution in [0.3, 0.4) is 0 Å². The lowest BCUT2D eigenvalue weighted by atomic mass is 10.2. The monoisotopic (exact) mass is 355 g/mol. The minimum atomic E-state index is -0.494. The van der Waals surface area contributed by atoms with E-state index in [9.17, 15) is 9.59 Å². The number of furan rings is 1. The first-order valence-corrected chi connectivity index (χ1v) is 9.01. The summed E-state index contributed by atoms with van der Waals surface area (Å²) in [6.07, 6.45) is 3.07. The second-order valence-corrected chi connectivity index (χ2v) is 7.03. The van der Waals surface area contributed by atoms with Crippen molar-refractivity contribution in [2.75, 3.05) is 11.9 Å². The second-order valence-electron chi connectivity index (χ2n) is 6.14. The third-order valence-corrected chi connectivity index (χ3v) is 5.05. The minimum absolute atomic E-state index is 0.201. The van der Waals surface area contributed by atoms with Gasteiger partial charge in [-0.25, -0.2) is 4.98 Å². The smallest absolute Gasteiger partial charge is 0.290 e. The van der Waals surface area contributed by atoms with E-state index in [1.807, 2.05) is 25.1 Å². The fourth-order valence-electron chi connectivity index (χ4n) is 3.17. The van der Waals surface area contributed by atoms with E-state index in [0.29, 0.717) is 23.7 Å². The second kappa shape index (κ2) is 6.33. The van der Waals surface area contributed by atoms with Crippen LogP contribution in [0, 0.1) is 6.92 Å². The molecule has 1 saturated heterocycles. The molecule has 1 aromatic carbocycles. The molecule has 128 valence electrons. The number of carbonyl (C=O) groups is 2. The van der Waals surface area contributed by atoms with Crippen molar-refractivity contribution in [3.63, 3.8) is 0 Å². The predicted molar refractivity (Wildman–Crippen MR) is 95.8 cm³/mol. The number of hydrogen-bond acceptors (Lipinski definition) is 5. The lowest BCUT2D eigenvalue weighted by molar-refractivity contribution is -0.119. The van der Waals surface area contributed by atoms with Crippen LogP contribution in [0.5, 0.6) is 0 Å². The molecule has 0 bridgehead atoms. The molecule has 3 heterocycles. The standard InChI is InChI=1S/C18H17N3O3S/c1-11-4-5-14-12(9-11)10-15(24-14)17(23)21-7-2-3-13(21)16(22)20-18-19-6-8-25-18/h4-6,8-10,13H,2-3,7H2,1H3,(H,19,20,22)/t13-/m0/s1. The molecule has 2 amide bonds. The highest BCUT2D eigenvalue weighted by Gasteiger charge is 2.36. The van der Waals surface area contributed by atoms with Crippen molar-refractivity contribution < 1.29 is 14.0 Å². The number of carbonyl (C=O) groups excluding carboxylic acids is 2. The maximum atomic E-state index is 12.9. The van der Waals surface area contributed by atoms with Gasteiger partial charge in [-0.2, -0.15) is 0 Å². The van der Waals surface area contributed by atoms with Gasteiger partial charge in [-0.3, -0.25) is 9.59 Å². The lowest BCUT2D eigenvalue weighted by Gasteiger charge is -2.22. The molecule has 3 aromatic rings. The summed E-state index contributed by atoms with van der Waals surface area (Å²) in [5.41, 5.74) is 1.78. The van der Waals surface area contributed by atoms with E-state index in [-0.39, 0.29) is 17.6 Å². The number of nitrogens with zero attached hydrogens (tertiary/aromatic N) is 2. The fourth-order valence-corrected chi connectivity index (χ4v) is 3.70. The van der Waals surface area contributed by atoms with Gasteiger partial charge >= 0.3 is 0 Å². The van der Waals surface area contributed by atoms with Gasteiger partial charge in [0.05, 0.1) is 0 Å².